The number of nitrogens with one attached hydrogen (secondary N) is 1. The van der Waals surface area contributed by atoms with Crippen molar-refractivity contribution in [2.45, 2.75) is 117 Å². The number of nitrogens with zero attached hydrogens (tertiary/aromatic N) is 2. The number of carbonyl (C=O) groups excluding carboxylic acids is 1. The molecule has 0 bridgehead atoms. The summed E-state index contributed by atoms with van der Waals surface area (Å²) in [4.78, 5) is 16.3. The average molecular weight is 407 g/mol. The molecule has 1 aliphatic heterocycles. The fourth-order valence-corrected chi connectivity index (χ4v) is 4.56. The summed E-state index contributed by atoms with van der Waals surface area (Å²) < 4.78 is 0.852. The molecule has 1 heterocycles. The number of amides is 1. The number of hydrogen-bond donors (Lipinski definition) is 1. The SMILES string of the molecule is CCCCCC/C=C/CCCCCCCCC1=NCC[N+]1(CC)C(C)NC(C)=O. The standard InChI is InChI=1S/C25H47N3O/c1-5-7-8-9-10-11-12-13-14-15-16-17-18-19-20-25-26-21-22-28(25,6-2)23(3)27-24(4)29/h11-12,23H,5-10,13-22H2,1-4H3/p+1/b12-11+. The second-order valence-corrected chi connectivity index (χ2v) is 8.73. The Morgan fingerprint density at radius 2 is 1.59 bits per heavy atom. The lowest BCUT2D eigenvalue weighted by atomic mass is 10.1. The Morgan fingerprint density at radius 3 is 2.17 bits per heavy atom. The first-order valence-corrected chi connectivity index (χ1v) is 12.4. The Hall–Kier alpha value is -1.16. The van der Waals surface area contributed by atoms with Gasteiger partial charge in [-0.25, -0.2) is 4.99 Å². The lowest BCUT2D eigenvalue weighted by Gasteiger charge is -2.39. The number of allylic oxidation sites excluding steroid dienone is 2. The van der Waals surface area contributed by atoms with Crippen molar-refractivity contribution >= 4 is 11.7 Å². The van der Waals surface area contributed by atoms with Crippen molar-refractivity contribution < 1.29 is 9.28 Å². The van der Waals surface area contributed by atoms with Crippen LogP contribution in [0.2, 0.25) is 0 Å². The maximum atomic E-state index is 11.5. The molecule has 0 saturated carbocycles. The van der Waals surface area contributed by atoms with Crippen molar-refractivity contribution in [3.8, 4) is 0 Å². The summed E-state index contributed by atoms with van der Waals surface area (Å²) in [6, 6.07) is 0. The first kappa shape index (κ1) is 25.9. The van der Waals surface area contributed by atoms with E-state index in [4.69, 9.17) is 4.99 Å². The van der Waals surface area contributed by atoms with Gasteiger partial charge in [-0.2, -0.15) is 0 Å². The van der Waals surface area contributed by atoms with Gasteiger partial charge < -0.3 is 5.32 Å². The summed E-state index contributed by atoms with van der Waals surface area (Å²) in [6.45, 7) is 11.2. The van der Waals surface area contributed by atoms with E-state index < -0.39 is 0 Å². The van der Waals surface area contributed by atoms with Crippen LogP contribution >= 0.6 is 0 Å². The number of likely N-dealkylation sites (N-methyl/N-ethyl adjacent to an activating group) is 1. The molecule has 29 heavy (non-hydrogen) atoms. The number of amidine groups is 1. The molecule has 1 N–H and O–H groups in total. The Kier molecular flexibility index (Phi) is 14.0. The second-order valence-electron chi connectivity index (χ2n) is 8.73. The van der Waals surface area contributed by atoms with Crippen LogP contribution in [0.15, 0.2) is 17.1 Å². The zero-order valence-corrected chi connectivity index (χ0v) is 19.8. The highest BCUT2D eigenvalue weighted by molar-refractivity contribution is 5.78. The largest absolute Gasteiger partial charge is 0.307 e. The molecule has 0 aromatic carbocycles. The third-order valence-electron chi connectivity index (χ3n) is 6.44. The van der Waals surface area contributed by atoms with E-state index in [0.717, 1.165) is 30.5 Å². The van der Waals surface area contributed by atoms with Gasteiger partial charge in [0.25, 0.3) is 0 Å². The number of carbonyl (C=O) groups is 1. The van der Waals surface area contributed by atoms with Crippen molar-refractivity contribution in [1.29, 1.82) is 0 Å². The molecule has 0 aromatic heterocycles. The van der Waals surface area contributed by atoms with Crippen LogP contribution in [0.25, 0.3) is 0 Å². The number of aliphatic imine (C=N–C) groups is 1. The molecule has 0 spiro atoms. The molecule has 0 radical (unpaired) electrons. The van der Waals surface area contributed by atoms with Crippen LogP contribution in [0.1, 0.15) is 111 Å². The monoisotopic (exact) mass is 406 g/mol. The minimum atomic E-state index is 0.0565. The van der Waals surface area contributed by atoms with Crippen molar-refractivity contribution in [3.63, 3.8) is 0 Å². The van der Waals surface area contributed by atoms with Crippen LogP contribution in [0.3, 0.4) is 0 Å². The van der Waals surface area contributed by atoms with Gasteiger partial charge in [-0.3, -0.25) is 9.28 Å². The number of quaternary nitrogens is 1. The minimum absolute atomic E-state index is 0.0565. The summed E-state index contributed by atoms with van der Waals surface area (Å²) in [5.41, 5.74) is 0. The summed E-state index contributed by atoms with van der Waals surface area (Å²) >= 11 is 0. The van der Waals surface area contributed by atoms with E-state index >= 15 is 0 Å². The molecule has 2 unspecified atom stereocenters. The third-order valence-corrected chi connectivity index (χ3v) is 6.44. The van der Waals surface area contributed by atoms with Gasteiger partial charge in [-0.1, -0.05) is 64.0 Å². The molecule has 0 fully saturated rings. The predicted octanol–water partition coefficient (Wildman–Crippen LogP) is 6.36. The van der Waals surface area contributed by atoms with Gasteiger partial charge in [0, 0.05) is 20.3 Å². The van der Waals surface area contributed by atoms with Crippen molar-refractivity contribution in [3.05, 3.63) is 12.2 Å². The molecule has 4 nitrogen and oxygen atoms in total. The Labute approximate surface area is 180 Å². The molecule has 1 rings (SSSR count). The lowest BCUT2D eigenvalue weighted by Crippen LogP contribution is -2.62. The Morgan fingerprint density at radius 1 is 1.00 bits per heavy atom. The fraction of sp³-hybridized carbons (Fsp3) is 0.840. The van der Waals surface area contributed by atoms with Crippen LogP contribution in [0, 0.1) is 0 Å². The van der Waals surface area contributed by atoms with E-state index in [2.05, 4.69) is 38.2 Å². The quantitative estimate of drug-likeness (QED) is 0.170. The van der Waals surface area contributed by atoms with Gasteiger partial charge in [-0.15, -0.1) is 0 Å². The van der Waals surface area contributed by atoms with Crippen LogP contribution in [-0.2, 0) is 4.79 Å². The molecule has 4 heteroatoms. The first-order chi connectivity index (χ1) is 14.1. The Bertz CT molecular complexity index is 500. The zero-order chi connectivity index (χ0) is 21.4. The van der Waals surface area contributed by atoms with Gasteiger partial charge in [0.15, 0.2) is 12.0 Å². The lowest BCUT2D eigenvalue weighted by molar-refractivity contribution is -0.861. The minimum Gasteiger partial charge on any atom is -0.307 e. The number of unbranched alkanes of at least 4 members (excludes halogenated alkanes) is 10. The number of rotatable bonds is 17. The summed E-state index contributed by atoms with van der Waals surface area (Å²) in [5, 5.41) is 3.11. The highest BCUT2D eigenvalue weighted by Crippen LogP contribution is 2.23. The van der Waals surface area contributed by atoms with Gasteiger partial charge in [0.05, 0.1) is 13.1 Å². The van der Waals surface area contributed by atoms with Crippen molar-refractivity contribution in [2.24, 2.45) is 4.99 Å². The van der Waals surface area contributed by atoms with Crippen molar-refractivity contribution in [1.82, 2.24) is 5.32 Å². The van der Waals surface area contributed by atoms with Gasteiger partial charge in [-0.05, 0) is 39.0 Å². The maximum absolute atomic E-state index is 11.5. The molecule has 0 saturated heterocycles. The zero-order valence-electron chi connectivity index (χ0n) is 19.8. The smallest absolute Gasteiger partial charge is 0.221 e. The molecular formula is C25H48N3O+. The van der Waals surface area contributed by atoms with Gasteiger partial charge in [0.2, 0.25) is 5.91 Å². The molecule has 2 atom stereocenters. The first-order valence-electron chi connectivity index (χ1n) is 12.4. The molecule has 0 aromatic rings. The number of hydrogen-bond acceptors (Lipinski definition) is 2. The summed E-state index contributed by atoms with van der Waals surface area (Å²) in [6.07, 6.45) is 21.9. The normalized spacial score (nSPS) is 20.2. The summed E-state index contributed by atoms with van der Waals surface area (Å²) in [7, 11) is 0. The second kappa shape index (κ2) is 15.6. The molecule has 168 valence electrons. The molecule has 1 aliphatic rings. The molecular weight excluding hydrogens is 358 g/mol. The maximum Gasteiger partial charge on any atom is 0.221 e. The van der Waals surface area contributed by atoms with Crippen LogP contribution in [0.5, 0.6) is 0 Å². The van der Waals surface area contributed by atoms with Gasteiger partial charge in [0.1, 0.15) is 6.54 Å². The van der Waals surface area contributed by atoms with E-state index in [9.17, 15) is 4.79 Å². The van der Waals surface area contributed by atoms with E-state index in [-0.39, 0.29) is 12.1 Å². The van der Waals surface area contributed by atoms with E-state index in [1.165, 1.54) is 82.9 Å². The average Bonchev–Trinajstić information content (AvgIpc) is 3.12. The predicted molar refractivity (Wildman–Crippen MR) is 126 cm³/mol. The van der Waals surface area contributed by atoms with Crippen LogP contribution < -0.4 is 5.32 Å². The van der Waals surface area contributed by atoms with Gasteiger partial charge >= 0.3 is 0 Å². The van der Waals surface area contributed by atoms with E-state index in [0.29, 0.717) is 0 Å². The summed E-state index contributed by atoms with van der Waals surface area (Å²) in [5.74, 6) is 1.36. The Balaban J connectivity index is 2.11. The van der Waals surface area contributed by atoms with Crippen LogP contribution in [0.4, 0.5) is 0 Å². The highest BCUT2D eigenvalue weighted by Gasteiger charge is 2.41. The molecule has 0 aliphatic carbocycles. The van der Waals surface area contributed by atoms with E-state index in [1.54, 1.807) is 6.92 Å². The molecule has 1 amide bonds. The van der Waals surface area contributed by atoms with Crippen molar-refractivity contribution in [2.75, 3.05) is 19.6 Å². The fourth-order valence-electron chi connectivity index (χ4n) is 4.56. The topological polar surface area (TPSA) is 41.5 Å². The van der Waals surface area contributed by atoms with Crippen LogP contribution in [-0.4, -0.2) is 42.0 Å². The third kappa shape index (κ3) is 9.93. The van der Waals surface area contributed by atoms with E-state index in [1.807, 2.05) is 0 Å². The highest BCUT2D eigenvalue weighted by atomic mass is 16.1.